The van der Waals surface area contributed by atoms with Crippen molar-refractivity contribution in [3.8, 4) is 22.4 Å². The molecule has 3 heteroatoms. The molecule has 3 aromatic heterocycles. The zero-order valence-corrected chi connectivity index (χ0v) is 17.8. The lowest BCUT2D eigenvalue weighted by Crippen LogP contribution is -2.30. The van der Waals surface area contributed by atoms with Crippen LogP contribution in [0.5, 0.6) is 0 Å². The second-order valence-electron chi connectivity index (χ2n) is 8.28. The summed E-state index contributed by atoms with van der Waals surface area (Å²) in [5.41, 5.74) is 8.80. The minimum atomic E-state index is 0.503. The predicted octanol–water partition coefficient (Wildman–Crippen LogP) is 6.57. The number of benzene rings is 2. The Kier molecular flexibility index (Phi) is 4.39. The predicted molar refractivity (Wildman–Crippen MR) is 122 cm³/mol. The van der Waals surface area contributed by atoms with Crippen molar-refractivity contribution < 1.29 is 8.98 Å². The maximum atomic E-state index is 6.25. The standard InChI is InChI=1S/C27H25N2O/c1-17(2)19-7-5-8-20(15-19)21-12-14-29(4)24(16-21)25-18(3)10-11-22-23-9-6-13-28-27(23)30-26(22)25/h5-17H,1-4H3/q+1. The molecule has 0 bridgehead atoms. The van der Waals surface area contributed by atoms with Gasteiger partial charge in [0.25, 0.3) is 0 Å². The molecule has 3 heterocycles. The quantitative estimate of drug-likeness (QED) is 0.324. The first kappa shape index (κ1) is 18.6. The van der Waals surface area contributed by atoms with Crippen molar-refractivity contribution >= 4 is 22.1 Å². The third-order valence-corrected chi connectivity index (χ3v) is 5.92. The van der Waals surface area contributed by atoms with Crippen molar-refractivity contribution in [3.63, 3.8) is 0 Å². The minimum absolute atomic E-state index is 0.503. The number of furan rings is 1. The van der Waals surface area contributed by atoms with Gasteiger partial charge in [0.15, 0.2) is 11.8 Å². The Hall–Kier alpha value is -3.46. The normalized spacial score (nSPS) is 11.6. The van der Waals surface area contributed by atoms with Gasteiger partial charge in [-0.15, -0.1) is 0 Å². The highest BCUT2D eigenvalue weighted by atomic mass is 16.3. The maximum Gasteiger partial charge on any atom is 0.227 e. The lowest BCUT2D eigenvalue weighted by molar-refractivity contribution is -0.660. The molecule has 0 aliphatic rings. The number of aryl methyl sites for hydroxylation is 2. The van der Waals surface area contributed by atoms with E-state index in [1.165, 1.54) is 22.3 Å². The number of pyridine rings is 2. The molecule has 0 fully saturated rings. The average molecular weight is 394 g/mol. The van der Waals surface area contributed by atoms with Gasteiger partial charge in [-0.25, -0.2) is 9.55 Å². The summed E-state index contributed by atoms with van der Waals surface area (Å²) >= 11 is 0. The smallest absolute Gasteiger partial charge is 0.227 e. The zero-order valence-electron chi connectivity index (χ0n) is 17.8. The first-order valence-electron chi connectivity index (χ1n) is 10.4. The second-order valence-corrected chi connectivity index (χ2v) is 8.28. The lowest BCUT2D eigenvalue weighted by atomic mass is 9.95. The van der Waals surface area contributed by atoms with Crippen molar-refractivity contribution in [2.75, 3.05) is 0 Å². The highest BCUT2D eigenvalue weighted by molar-refractivity contribution is 6.08. The van der Waals surface area contributed by atoms with Crippen LogP contribution >= 0.6 is 0 Å². The van der Waals surface area contributed by atoms with Crippen molar-refractivity contribution in [2.45, 2.75) is 26.7 Å². The average Bonchev–Trinajstić information content (AvgIpc) is 3.13. The van der Waals surface area contributed by atoms with Crippen LogP contribution in [0.1, 0.15) is 30.9 Å². The Morgan fingerprint density at radius 2 is 1.73 bits per heavy atom. The summed E-state index contributed by atoms with van der Waals surface area (Å²) in [4.78, 5) is 4.42. The molecule has 3 nitrogen and oxygen atoms in total. The van der Waals surface area contributed by atoms with Crippen LogP contribution in [0.4, 0.5) is 0 Å². The number of hydrogen-bond acceptors (Lipinski definition) is 2. The Labute approximate surface area is 176 Å². The third-order valence-electron chi connectivity index (χ3n) is 5.92. The second kappa shape index (κ2) is 7.10. The van der Waals surface area contributed by atoms with Crippen molar-refractivity contribution in [2.24, 2.45) is 7.05 Å². The Bertz CT molecular complexity index is 1400. The van der Waals surface area contributed by atoms with E-state index in [-0.39, 0.29) is 0 Å². The first-order chi connectivity index (χ1) is 14.5. The molecule has 0 spiro atoms. The fourth-order valence-electron chi connectivity index (χ4n) is 4.17. The largest absolute Gasteiger partial charge is 0.437 e. The Balaban J connectivity index is 1.75. The molecule has 2 aromatic carbocycles. The molecule has 0 amide bonds. The van der Waals surface area contributed by atoms with Gasteiger partial charge in [-0.2, -0.15) is 0 Å². The van der Waals surface area contributed by atoms with E-state index in [9.17, 15) is 0 Å². The van der Waals surface area contributed by atoms with Crippen LogP contribution < -0.4 is 4.57 Å². The SMILES string of the molecule is Cc1ccc2c(oc3ncccc32)c1-c1cc(-c2cccc(C(C)C)c2)cc[n+]1C. The summed E-state index contributed by atoms with van der Waals surface area (Å²) in [7, 11) is 2.09. The summed E-state index contributed by atoms with van der Waals surface area (Å²) in [6.07, 6.45) is 3.91. The molecule has 0 saturated carbocycles. The molecule has 0 unspecified atom stereocenters. The van der Waals surface area contributed by atoms with Gasteiger partial charge in [-0.05, 0) is 47.2 Å². The van der Waals surface area contributed by atoms with E-state index in [1.54, 1.807) is 6.20 Å². The van der Waals surface area contributed by atoms with Crippen molar-refractivity contribution in [1.82, 2.24) is 4.98 Å². The van der Waals surface area contributed by atoms with Crippen molar-refractivity contribution in [3.05, 3.63) is 84.2 Å². The van der Waals surface area contributed by atoms with Crippen LogP contribution in [-0.4, -0.2) is 4.98 Å². The molecular formula is C27H25N2O+. The summed E-state index contributed by atoms with van der Waals surface area (Å²) in [5.74, 6) is 0.503. The molecule has 5 rings (SSSR count). The van der Waals surface area contributed by atoms with Crippen LogP contribution in [-0.2, 0) is 7.05 Å². The van der Waals surface area contributed by atoms with Gasteiger partial charge in [0.05, 0.1) is 5.56 Å². The summed E-state index contributed by atoms with van der Waals surface area (Å²) in [6.45, 7) is 6.60. The molecule has 148 valence electrons. The Morgan fingerprint density at radius 3 is 2.57 bits per heavy atom. The molecule has 0 N–H and O–H groups in total. The van der Waals surface area contributed by atoms with Crippen LogP contribution in [0.3, 0.4) is 0 Å². The van der Waals surface area contributed by atoms with Gasteiger partial charge in [-0.1, -0.05) is 50.2 Å². The number of fused-ring (bicyclic) bond motifs is 3. The van der Waals surface area contributed by atoms with E-state index in [0.29, 0.717) is 11.6 Å². The van der Waals surface area contributed by atoms with Gasteiger partial charge >= 0.3 is 0 Å². The minimum Gasteiger partial charge on any atom is -0.437 e. The number of hydrogen-bond donors (Lipinski definition) is 0. The summed E-state index contributed by atoms with van der Waals surface area (Å²) in [5, 5.41) is 2.16. The third kappa shape index (κ3) is 2.98. The summed E-state index contributed by atoms with van der Waals surface area (Å²) < 4.78 is 8.41. The molecular weight excluding hydrogens is 368 g/mol. The van der Waals surface area contributed by atoms with E-state index in [0.717, 1.165) is 27.6 Å². The molecule has 5 aromatic rings. The van der Waals surface area contributed by atoms with E-state index < -0.39 is 0 Å². The first-order valence-corrected chi connectivity index (χ1v) is 10.4. The number of aromatic nitrogens is 2. The number of rotatable bonds is 3. The lowest BCUT2D eigenvalue weighted by Gasteiger charge is -2.10. The van der Waals surface area contributed by atoms with Crippen LogP contribution in [0.15, 0.2) is 77.5 Å². The zero-order chi connectivity index (χ0) is 20.8. The highest BCUT2D eigenvalue weighted by Gasteiger charge is 2.21. The fraction of sp³-hybridized carbons (Fsp3) is 0.185. The van der Waals surface area contributed by atoms with E-state index >= 15 is 0 Å². The molecule has 0 saturated heterocycles. The molecule has 30 heavy (non-hydrogen) atoms. The van der Waals surface area contributed by atoms with Gasteiger partial charge in [0.1, 0.15) is 7.05 Å². The summed E-state index contributed by atoms with van der Waals surface area (Å²) in [6, 6.07) is 21.6. The molecule has 0 radical (unpaired) electrons. The molecule has 0 aliphatic carbocycles. The van der Waals surface area contributed by atoms with E-state index in [2.05, 4.69) is 98.2 Å². The monoisotopic (exact) mass is 393 g/mol. The maximum absolute atomic E-state index is 6.25. The highest BCUT2D eigenvalue weighted by Crippen LogP contribution is 2.37. The van der Waals surface area contributed by atoms with Gasteiger partial charge < -0.3 is 4.42 Å². The van der Waals surface area contributed by atoms with Crippen LogP contribution in [0.2, 0.25) is 0 Å². The topological polar surface area (TPSA) is 29.9 Å². The van der Waals surface area contributed by atoms with Gasteiger partial charge in [0, 0.05) is 29.1 Å². The van der Waals surface area contributed by atoms with Crippen LogP contribution in [0, 0.1) is 6.92 Å². The van der Waals surface area contributed by atoms with Gasteiger partial charge in [0.2, 0.25) is 11.4 Å². The number of nitrogens with zero attached hydrogens (tertiary/aromatic N) is 2. The Morgan fingerprint density at radius 1 is 0.900 bits per heavy atom. The fourth-order valence-corrected chi connectivity index (χ4v) is 4.17. The van der Waals surface area contributed by atoms with Crippen molar-refractivity contribution in [1.29, 1.82) is 0 Å². The van der Waals surface area contributed by atoms with E-state index in [4.69, 9.17) is 4.42 Å². The molecule has 0 atom stereocenters. The van der Waals surface area contributed by atoms with Crippen LogP contribution in [0.25, 0.3) is 44.5 Å². The molecule has 0 aliphatic heterocycles. The van der Waals surface area contributed by atoms with Gasteiger partial charge in [-0.3, -0.25) is 0 Å². The van der Waals surface area contributed by atoms with E-state index in [1.807, 2.05) is 6.07 Å².